The van der Waals surface area contributed by atoms with E-state index in [1.165, 1.54) is 11.8 Å². The van der Waals surface area contributed by atoms with E-state index in [0.29, 0.717) is 16.7 Å². The molecular formula is C17H18N4O2S. The Balaban J connectivity index is 1.93. The molecular weight excluding hydrogens is 324 g/mol. The summed E-state index contributed by atoms with van der Waals surface area (Å²) in [7, 11) is 5.37. The summed E-state index contributed by atoms with van der Waals surface area (Å²) in [6.07, 6.45) is 1.60. The predicted octanol–water partition coefficient (Wildman–Crippen LogP) is 3.00. The number of furan rings is 1. The van der Waals surface area contributed by atoms with Crippen LogP contribution in [-0.2, 0) is 11.8 Å². The molecule has 0 aliphatic heterocycles. The van der Waals surface area contributed by atoms with Gasteiger partial charge in [0.1, 0.15) is 5.25 Å². The molecule has 0 bridgehead atoms. The van der Waals surface area contributed by atoms with Gasteiger partial charge in [0.25, 0.3) is 0 Å². The summed E-state index contributed by atoms with van der Waals surface area (Å²) in [4.78, 5) is 14.2. The number of carbonyl (C=O) groups excluding carboxylic acids is 1. The number of benzene rings is 1. The second kappa shape index (κ2) is 6.92. The zero-order valence-electron chi connectivity index (χ0n) is 13.7. The van der Waals surface area contributed by atoms with E-state index >= 15 is 0 Å². The van der Waals surface area contributed by atoms with Crippen molar-refractivity contribution in [3.05, 3.63) is 54.3 Å². The highest BCUT2D eigenvalue weighted by Crippen LogP contribution is 2.36. The third-order valence-electron chi connectivity index (χ3n) is 3.57. The van der Waals surface area contributed by atoms with Gasteiger partial charge in [-0.15, -0.1) is 10.2 Å². The second-order valence-electron chi connectivity index (χ2n) is 5.48. The van der Waals surface area contributed by atoms with Crippen molar-refractivity contribution >= 4 is 17.7 Å². The minimum atomic E-state index is -0.381. The van der Waals surface area contributed by atoms with E-state index in [1.54, 1.807) is 31.3 Å². The van der Waals surface area contributed by atoms with Gasteiger partial charge in [0.05, 0.1) is 6.26 Å². The number of likely N-dealkylation sites (N-methyl/N-ethyl adjacent to an activating group) is 1. The molecule has 0 aliphatic carbocycles. The zero-order valence-corrected chi connectivity index (χ0v) is 14.5. The molecule has 6 nitrogen and oxygen atoms in total. The molecule has 0 fully saturated rings. The molecule has 24 heavy (non-hydrogen) atoms. The van der Waals surface area contributed by atoms with E-state index in [-0.39, 0.29) is 11.2 Å². The number of nitrogens with zero attached hydrogens (tertiary/aromatic N) is 4. The normalized spacial score (nSPS) is 12.1. The topological polar surface area (TPSA) is 64.2 Å². The van der Waals surface area contributed by atoms with Crippen molar-refractivity contribution in [3.8, 4) is 11.6 Å². The highest BCUT2D eigenvalue weighted by atomic mass is 32.2. The van der Waals surface area contributed by atoms with Gasteiger partial charge in [-0.1, -0.05) is 42.1 Å². The van der Waals surface area contributed by atoms with Gasteiger partial charge in [-0.3, -0.25) is 4.79 Å². The molecule has 0 N–H and O–H groups in total. The smallest absolute Gasteiger partial charge is 0.240 e. The number of hydrogen-bond donors (Lipinski definition) is 0. The Bertz CT molecular complexity index is 813. The lowest BCUT2D eigenvalue weighted by molar-refractivity contribution is -0.128. The molecule has 0 saturated heterocycles. The van der Waals surface area contributed by atoms with Crippen molar-refractivity contribution in [2.45, 2.75) is 10.4 Å². The molecule has 0 radical (unpaired) electrons. The van der Waals surface area contributed by atoms with Gasteiger partial charge in [-0.2, -0.15) is 0 Å². The molecule has 1 atom stereocenters. The molecule has 1 amide bonds. The first kappa shape index (κ1) is 16.3. The van der Waals surface area contributed by atoms with E-state index in [9.17, 15) is 4.79 Å². The quantitative estimate of drug-likeness (QED) is 0.667. The predicted molar refractivity (Wildman–Crippen MR) is 92.4 cm³/mol. The van der Waals surface area contributed by atoms with Crippen LogP contribution in [0.3, 0.4) is 0 Å². The average Bonchev–Trinajstić information content (AvgIpc) is 3.23. The van der Waals surface area contributed by atoms with Crippen LogP contribution in [0.25, 0.3) is 11.6 Å². The standard InChI is InChI=1S/C17H18N4O2S/c1-20(2)16(22)14(12-8-5-4-6-9-12)24-17-19-18-15(21(17)3)13-10-7-11-23-13/h4-11,14H,1-3H3/t14-/m1/s1. The third kappa shape index (κ3) is 3.21. The Kier molecular flexibility index (Phi) is 4.71. The van der Waals surface area contributed by atoms with Crippen LogP contribution in [0, 0.1) is 0 Å². The summed E-state index contributed by atoms with van der Waals surface area (Å²) < 4.78 is 7.22. The molecule has 0 aliphatic rings. The summed E-state index contributed by atoms with van der Waals surface area (Å²) in [5.41, 5.74) is 0.934. The minimum Gasteiger partial charge on any atom is -0.461 e. The fourth-order valence-corrected chi connectivity index (χ4v) is 3.41. The van der Waals surface area contributed by atoms with E-state index in [4.69, 9.17) is 4.42 Å². The summed E-state index contributed by atoms with van der Waals surface area (Å²) in [5, 5.41) is 8.68. The molecule has 2 heterocycles. The van der Waals surface area contributed by atoms with Crippen molar-refractivity contribution in [2.75, 3.05) is 14.1 Å². The lowest BCUT2D eigenvalue weighted by Crippen LogP contribution is -2.26. The minimum absolute atomic E-state index is 0.00810. The third-order valence-corrected chi connectivity index (χ3v) is 4.84. The summed E-state index contributed by atoms with van der Waals surface area (Å²) >= 11 is 1.38. The maximum absolute atomic E-state index is 12.6. The fourth-order valence-electron chi connectivity index (χ4n) is 2.27. The number of amides is 1. The van der Waals surface area contributed by atoms with Crippen molar-refractivity contribution in [1.29, 1.82) is 0 Å². The van der Waals surface area contributed by atoms with E-state index < -0.39 is 0 Å². The Morgan fingerprint density at radius 2 is 1.92 bits per heavy atom. The van der Waals surface area contributed by atoms with E-state index in [1.807, 2.05) is 48.0 Å². The van der Waals surface area contributed by atoms with E-state index in [0.717, 1.165) is 5.56 Å². The first-order chi connectivity index (χ1) is 11.6. The van der Waals surface area contributed by atoms with Crippen molar-refractivity contribution < 1.29 is 9.21 Å². The molecule has 0 spiro atoms. The van der Waals surface area contributed by atoms with Crippen LogP contribution in [0.4, 0.5) is 0 Å². The van der Waals surface area contributed by atoms with Crippen LogP contribution in [0.15, 0.2) is 58.3 Å². The first-order valence-electron chi connectivity index (χ1n) is 7.44. The van der Waals surface area contributed by atoms with Gasteiger partial charge in [0, 0.05) is 21.1 Å². The van der Waals surface area contributed by atoms with Gasteiger partial charge in [0.15, 0.2) is 16.7 Å². The van der Waals surface area contributed by atoms with Crippen LogP contribution < -0.4 is 0 Å². The van der Waals surface area contributed by atoms with Gasteiger partial charge >= 0.3 is 0 Å². The van der Waals surface area contributed by atoms with Gasteiger partial charge < -0.3 is 13.9 Å². The van der Waals surface area contributed by atoms with Crippen molar-refractivity contribution in [2.24, 2.45) is 7.05 Å². The maximum atomic E-state index is 12.6. The average molecular weight is 342 g/mol. The monoisotopic (exact) mass is 342 g/mol. The lowest BCUT2D eigenvalue weighted by Gasteiger charge is -2.20. The van der Waals surface area contributed by atoms with Crippen LogP contribution in [-0.4, -0.2) is 39.7 Å². The van der Waals surface area contributed by atoms with Gasteiger partial charge in [-0.25, -0.2) is 0 Å². The summed E-state index contributed by atoms with van der Waals surface area (Å²) in [6.45, 7) is 0. The molecule has 1 aromatic carbocycles. The second-order valence-corrected chi connectivity index (χ2v) is 6.56. The fraction of sp³-hybridized carbons (Fsp3) is 0.235. The van der Waals surface area contributed by atoms with Crippen molar-refractivity contribution in [3.63, 3.8) is 0 Å². The lowest BCUT2D eigenvalue weighted by atomic mass is 10.1. The molecule has 3 aromatic rings. The Labute approximate surface area is 144 Å². The summed E-state index contributed by atoms with van der Waals surface area (Å²) in [5.74, 6) is 1.28. The van der Waals surface area contributed by atoms with Crippen LogP contribution in [0.5, 0.6) is 0 Å². The highest BCUT2D eigenvalue weighted by Gasteiger charge is 2.26. The molecule has 0 unspecified atom stereocenters. The molecule has 124 valence electrons. The number of hydrogen-bond acceptors (Lipinski definition) is 5. The van der Waals surface area contributed by atoms with Gasteiger partial charge in [-0.05, 0) is 17.7 Å². The Morgan fingerprint density at radius 3 is 2.54 bits per heavy atom. The summed E-state index contributed by atoms with van der Waals surface area (Å²) in [6, 6.07) is 13.3. The number of thioether (sulfide) groups is 1. The van der Waals surface area contributed by atoms with E-state index in [2.05, 4.69) is 10.2 Å². The molecule has 7 heteroatoms. The first-order valence-corrected chi connectivity index (χ1v) is 8.32. The molecule has 2 aromatic heterocycles. The number of aromatic nitrogens is 3. The number of rotatable bonds is 5. The Hall–Kier alpha value is -2.54. The highest BCUT2D eigenvalue weighted by molar-refractivity contribution is 8.00. The van der Waals surface area contributed by atoms with Crippen LogP contribution in [0.2, 0.25) is 0 Å². The maximum Gasteiger partial charge on any atom is 0.240 e. The largest absolute Gasteiger partial charge is 0.461 e. The van der Waals surface area contributed by atoms with Crippen LogP contribution in [0.1, 0.15) is 10.8 Å². The zero-order chi connectivity index (χ0) is 17.1. The van der Waals surface area contributed by atoms with Gasteiger partial charge in [0.2, 0.25) is 5.91 Å². The SMILES string of the molecule is CN(C)C(=O)[C@H](Sc1nnc(-c2ccco2)n1C)c1ccccc1. The Morgan fingerprint density at radius 1 is 1.17 bits per heavy atom. The molecule has 0 saturated carbocycles. The number of carbonyl (C=O) groups is 1. The van der Waals surface area contributed by atoms with Crippen LogP contribution >= 0.6 is 11.8 Å². The van der Waals surface area contributed by atoms with Crippen molar-refractivity contribution in [1.82, 2.24) is 19.7 Å². The molecule has 3 rings (SSSR count).